The van der Waals surface area contributed by atoms with Gasteiger partial charge in [0.2, 0.25) is 0 Å². The molecular weight excluding hydrogens is 332 g/mol. The van der Waals surface area contributed by atoms with E-state index in [4.69, 9.17) is 0 Å². The Labute approximate surface area is 150 Å². The van der Waals surface area contributed by atoms with E-state index in [1.807, 2.05) is 35.7 Å². The van der Waals surface area contributed by atoms with Crippen molar-refractivity contribution in [3.8, 4) is 10.6 Å². The molecule has 3 aromatic rings. The van der Waals surface area contributed by atoms with Gasteiger partial charge in [0.1, 0.15) is 10.8 Å². The first kappa shape index (κ1) is 16.9. The second kappa shape index (κ2) is 8.21. The molecule has 0 unspecified atom stereocenters. The lowest BCUT2D eigenvalue weighted by molar-refractivity contribution is 0.0957. The maximum atomic E-state index is 11.8. The van der Waals surface area contributed by atoms with Crippen LogP contribution in [0.15, 0.2) is 66.7 Å². The van der Waals surface area contributed by atoms with Gasteiger partial charge in [0.25, 0.3) is 5.91 Å². The summed E-state index contributed by atoms with van der Waals surface area (Å²) >= 11 is 1.62. The first-order chi connectivity index (χ1) is 12.3. The molecule has 0 bridgehead atoms. The Balaban J connectivity index is 1.58. The van der Waals surface area contributed by atoms with Crippen LogP contribution in [0, 0.1) is 0 Å². The molecule has 0 aliphatic carbocycles. The summed E-state index contributed by atoms with van der Waals surface area (Å²) in [7, 11) is 0. The Morgan fingerprint density at radius 2 is 2.04 bits per heavy atom. The van der Waals surface area contributed by atoms with Gasteiger partial charge in [-0.05, 0) is 12.1 Å². The van der Waals surface area contributed by atoms with Crippen LogP contribution in [0.4, 0.5) is 5.82 Å². The molecule has 2 heterocycles. The zero-order chi connectivity index (χ0) is 17.5. The molecule has 2 N–H and O–H groups in total. The summed E-state index contributed by atoms with van der Waals surface area (Å²) in [6.45, 7) is 4.59. The van der Waals surface area contributed by atoms with Gasteiger partial charge in [-0.3, -0.25) is 4.79 Å². The van der Waals surface area contributed by atoms with Crippen molar-refractivity contribution in [3.05, 3.63) is 78.0 Å². The summed E-state index contributed by atoms with van der Waals surface area (Å²) in [6.07, 6.45) is 3.19. The minimum atomic E-state index is -0.161. The lowest BCUT2D eigenvalue weighted by Crippen LogP contribution is -2.23. The zero-order valence-corrected chi connectivity index (χ0v) is 14.4. The molecule has 0 fully saturated rings. The van der Waals surface area contributed by atoms with E-state index in [0.29, 0.717) is 24.5 Å². The largest absolute Gasteiger partial charge is 0.364 e. The number of hydrogen-bond acceptors (Lipinski definition) is 5. The average molecular weight is 350 g/mol. The smallest absolute Gasteiger partial charge is 0.253 e. The fourth-order valence-electron chi connectivity index (χ4n) is 2.18. The van der Waals surface area contributed by atoms with E-state index in [9.17, 15) is 4.79 Å². The van der Waals surface area contributed by atoms with Crippen molar-refractivity contribution in [2.75, 3.05) is 11.9 Å². The van der Waals surface area contributed by atoms with E-state index in [0.717, 1.165) is 16.3 Å². The topological polar surface area (TPSA) is 66.9 Å². The first-order valence-electron chi connectivity index (χ1n) is 7.85. The molecule has 5 nitrogen and oxygen atoms in total. The van der Waals surface area contributed by atoms with Crippen molar-refractivity contribution in [2.24, 2.45) is 0 Å². The molecule has 0 aliphatic rings. The fraction of sp³-hybridized carbons (Fsp3) is 0.105. The van der Waals surface area contributed by atoms with Crippen molar-refractivity contribution in [1.29, 1.82) is 0 Å². The molecule has 0 aliphatic heterocycles. The van der Waals surface area contributed by atoms with E-state index >= 15 is 0 Å². The van der Waals surface area contributed by atoms with Gasteiger partial charge in [-0.15, -0.1) is 17.9 Å². The van der Waals surface area contributed by atoms with Crippen LogP contribution in [0.3, 0.4) is 0 Å². The third-order valence-corrected chi connectivity index (χ3v) is 4.40. The molecule has 0 saturated carbocycles. The number of benzene rings is 1. The predicted molar refractivity (Wildman–Crippen MR) is 102 cm³/mol. The molecular formula is C19H18N4OS. The van der Waals surface area contributed by atoms with E-state index in [2.05, 4.69) is 27.2 Å². The number of carbonyl (C=O) groups is 1. The molecule has 0 atom stereocenters. The Hall–Kier alpha value is -2.99. The van der Waals surface area contributed by atoms with Crippen molar-refractivity contribution < 1.29 is 4.79 Å². The third kappa shape index (κ3) is 4.51. The maximum Gasteiger partial charge on any atom is 0.253 e. The normalized spacial score (nSPS) is 10.2. The summed E-state index contributed by atoms with van der Waals surface area (Å²) in [5.74, 6) is 0.542. The van der Waals surface area contributed by atoms with Crippen LogP contribution in [-0.4, -0.2) is 22.4 Å². The Morgan fingerprint density at radius 1 is 1.20 bits per heavy atom. The van der Waals surface area contributed by atoms with Gasteiger partial charge in [0.15, 0.2) is 0 Å². The molecule has 126 valence electrons. The number of thiazole rings is 1. The monoisotopic (exact) mass is 350 g/mol. The lowest BCUT2D eigenvalue weighted by atomic mass is 10.2. The van der Waals surface area contributed by atoms with E-state index < -0.39 is 0 Å². The lowest BCUT2D eigenvalue weighted by Gasteiger charge is -2.05. The number of rotatable bonds is 7. The van der Waals surface area contributed by atoms with E-state index in [1.165, 1.54) is 0 Å². The molecule has 0 radical (unpaired) electrons. The van der Waals surface area contributed by atoms with E-state index in [-0.39, 0.29) is 5.91 Å². The second-order valence-electron chi connectivity index (χ2n) is 5.29. The number of hydrogen-bond donors (Lipinski definition) is 2. The molecule has 2 aromatic heterocycles. The van der Waals surface area contributed by atoms with Gasteiger partial charge < -0.3 is 10.6 Å². The van der Waals surface area contributed by atoms with Crippen molar-refractivity contribution in [1.82, 2.24) is 15.3 Å². The summed E-state index contributed by atoms with van der Waals surface area (Å²) in [5, 5.41) is 8.97. The molecule has 1 aromatic carbocycles. The van der Waals surface area contributed by atoms with Gasteiger partial charge in [-0.1, -0.05) is 36.4 Å². The molecule has 6 heteroatoms. The molecule has 1 amide bonds. The molecule has 3 rings (SSSR count). The molecule has 0 saturated heterocycles. The van der Waals surface area contributed by atoms with Gasteiger partial charge in [0.05, 0.1) is 17.8 Å². The van der Waals surface area contributed by atoms with Crippen LogP contribution in [0.1, 0.15) is 16.1 Å². The summed E-state index contributed by atoms with van der Waals surface area (Å²) in [4.78, 5) is 20.7. The third-order valence-electron chi connectivity index (χ3n) is 3.46. The van der Waals surface area contributed by atoms with Crippen LogP contribution >= 0.6 is 11.3 Å². The van der Waals surface area contributed by atoms with Crippen molar-refractivity contribution >= 4 is 23.1 Å². The van der Waals surface area contributed by atoms with Gasteiger partial charge in [0, 0.05) is 23.7 Å². The number of anilines is 1. The fourth-order valence-corrected chi connectivity index (χ4v) is 3.01. The highest BCUT2D eigenvalue weighted by Gasteiger charge is 2.06. The Morgan fingerprint density at radius 3 is 2.76 bits per heavy atom. The number of nitrogens with zero attached hydrogens (tertiary/aromatic N) is 2. The minimum Gasteiger partial charge on any atom is -0.364 e. The number of carbonyl (C=O) groups excluding carboxylic acids is 1. The van der Waals surface area contributed by atoms with Crippen LogP contribution < -0.4 is 10.6 Å². The van der Waals surface area contributed by atoms with Crippen molar-refractivity contribution in [3.63, 3.8) is 0 Å². The highest BCUT2D eigenvalue weighted by Crippen LogP contribution is 2.23. The molecule has 25 heavy (non-hydrogen) atoms. The van der Waals surface area contributed by atoms with Crippen LogP contribution in [0.25, 0.3) is 10.6 Å². The number of nitrogens with one attached hydrogen (secondary N) is 2. The van der Waals surface area contributed by atoms with Crippen molar-refractivity contribution in [2.45, 2.75) is 6.54 Å². The number of amides is 1. The van der Waals surface area contributed by atoms with Crippen LogP contribution in [0.2, 0.25) is 0 Å². The van der Waals surface area contributed by atoms with Gasteiger partial charge in [-0.25, -0.2) is 9.97 Å². The highest BCUT2D eigenvalue weighted by atomic mass is 32.1. The van der Waals surface area contributed by atoms with Crippen LogP contribution in [0.5, 0.6) is 0 Å². The summed E-state index contributed by atoms with van der Waals surface area (Å²) in [6, 6.07) is 13.6. The SMILES string of the molecule is C=CCNC(=O)c1ccc(NCc2csc(-c3ccccc3)n2)nc1. The van der Waals surface area contributed by atoms with Gasteiger partial charge in [-0.2, -0.15) is 0 Å². The first-order valence-corrected chi connectivity index (χ1v) is 8.73. The summed E-state index contributed by atoms with van der Waals surface area (Å²) in [5.41, 5.74) is 2.60. The van der Waals surface area contributed by atoms with Crippen LogP contribution in [-0.2, 0) is 6.54 Å². The minimum absolute atomic E-state index is 0.161. The highest BCUT2D eigenvalue weighted by molar-refractivity contribution is 7.13. The Kier molecular flexibility index (Phi) is 5.53. The maximum absolute atomic E-state index is 11.8. The second-order valence-corrected chi connectivity index (χ2v) is 6.15. The van der Waals surface area contributed by atoms with E-state index in [1.54, 1.807) is 35.7 Å². The zero-order valence-electron chi connectivity index (χ0n) is 13.6. The van der Waals surface area contributed by atoms with Gasteiger partial charge >= 0.3 is 0 Å². The number of pyridine rings is 1. The quantitative estimate of drug-likeness (QED) is 0.637. The average Bonchev–Trinajstić information content (AvgIpc) is 3.14. The Bertz CT molecular complexity index is 843. The predicted octanol–water partition coefficient (Wildman–Crippen LogP) is 3.73. The summed E-state index contributed by atoms with van der Waals surface area (Å²) < 4.78 is 0. The standard InChI is InChI=1S/C19H18N4OS/c1-2-10-20-18(24)15-8-9-17(21-11-15)22-12-16-13-25-19(23-16)14-6-4-3-5-7-14/h2-9,11,13H,1,10,12H2,(H,20,24)(H,21,22). The number of aromatic nitrogens is 2. The molecule has 0 spiro atoms.